The van der Waals surface area contributed by atoms with Crippen LogP contribution in [0, 0.1) is 0 Å². The van der Waals surface area contributed by atoms with E-state index in [-0.39, 0.29) is 11.8 Å². The molecule has 0 spiro atoms. The quantitative estimate of drug-likeness (QED) is 0.292. The van der Waals surface area contributed by atoms with Crippen LogP contribution in [0.25, 0.3) is 22.5 Å². The minimum atomic E-state index is -5.08. The molecular weight excluding hydrogens is 521 g/mol. The molecule has 8 nitrogen and oxygen atoms in total. The number of thiophene rings is 1. The Bertz CT molecular complexity index is 1450. The number of benzene rings is 1. The number of aliphatic carboxylic acids is 1. The lowest BCUT2D eigenvalue weighted by Crippen LogP contribution is -2.31. The maximum Gasteiger partial charge on any atom is 0.490 e. The molecule has 0 fully saturated rings. The topological polar surface area (TPSA) is 124 Å². The highest BCUT2D eigenvalue weighted by Crippen LogP contribution is 2.27. The van der Waals surface area contributed by atoms with Crippen molar-refractivity contribution in [1.29, 1.82) is 0 Å². The van der Waals surface area contributed by atoms with Gasteiger partial charge in [-0.15, -0.1) is 11.3 Å². The first-order valence-electron chi connectivity index (χ1n) is 11.3. The molecule has 2 amide bonds. The highest BCUT2D eigenvalue weighted by atomic mass is 32.1. The molecule has 4 heterocycles. The van der Waals surface area contributed by atoms with Crippen LogP contribution in [0.15, 0.2) is 66.2 Å². The van der Waals surface area contributed by atoms with E-state index >= 15 is 0 Å². The van der Waals surface area contributed by atoms with E-state index in [4.69, 9.17) is 9.90 Å². The van der Waals surface area contributed by atoms with Gasteiger partial charge in [-0.25, -0.2) is 4.79 Å². The SMILES string of the molecule is O=C(NCc1cccs1)c1ccc(-c2cc(-c3cc4c([nH]3)CCNC4=O)ccn2)cc1.O=C(O)C(F)(F)F. The molecule has 3 aromatic heterocycles. The van der Waals surface area contributed by atoms with Gasteiger partial charge in [0.15, 0.2) is 0 Å². The number of carboxylic acid groups (broad SMARTS) is 1. The van der Waals surface area contributed by atoms with Gasteiger partial charge >= 0.3 is 12.1 Å². The number of carboxylic acids is 1. The fraction of sp³-hybridized carbons (Fsp3) is 0.154. The Balaban J connectivity index is 0.000000426. The van der Waals surface area contributed by atoms with Gasteiger partial charge in [-0.1, -0.05) is 18.2 Å². The summed E-state index contributed by atoms with van der Waals surface area (Å²) in [6.45, 7) is 1.18. The van der Waals surface area contributed by atoms with Crippen molar-refractivity contribution in [2.24, 2.45) is 0 Å². The number of H-pyrrole nitrogens is 1. The Hall–Kier alpha value is -4.45. The van der Waals surface area contributed by atoms with Gasteiger partial charge in [0.05, 0.1) is 17.8 Å². The molecule has 1 aliphatic heterocycles. The zero-order valence-electron chi connectivity index (χ0n) is 19.6. The summed E-state index contributed by atoms with van der Waals surface area (Å²) >= 11 is 1.62. The molecule has 196 valence electrons. The minimum absolute atomic E-state index is 0.0361. The van der Waals surface area contributed by atoms with Crippen molar-refractivity contribution in [1.82, 2.24) is 20.6 Å². The predicted octanol–water partition coefficient (Wildman–Crippen LogP) is 4.65. The summed E-state index contributed by atoms with van der Waals surface area (Å²) in [5, 5.41) is 14.9. The number of hydrogen-bond donors (Lipinski definition) is 4. The molecule has 38 heavy (non-hydrogen) atoms. The maximum absolute atomic E-state index is 12.4. The van der Waals surface area contributed by atoms with Gasteiger partial charge in [-0.2, -0.15) is 13.2 Å². The van der Waals surface area contributed by atoms with E-state index in [0.29, 0.717) is 24.2 Å². The molecule has 0 aliphatic carbocycles. The molecule has 1 aliphatic rings. The standard InChI is InChI=1S/C24H20N4O2S.C2HF3O2/c29-23(27-14-18-2-1-11-31-18)16-5-3-15(4-6-16)21-12-17(7-9-25-21)22-13-19-20(28-22)8-10-26-24(19)30;3-2(4,5)1(6)7/h1-7,9,11-13,28H,8,10,14H2,(H,26,30)(H,27,29);(H,6,7). The second-order valence-corrected chi connectivity index (χ2v) is 9.19. The average molecular weight is 543 g/mol. The fourth-order valence-corrected chi connectivity index (χ4v) is 4.32. The number of nitrogens with one attached hydrogen (secondary N) is 3. The Morgan fingerprint density at radius 2 is 1.82 bits per heavy atom. The third kappa shape index (κ3) is 6.45. The van der Waals surface area contributed by atoms with Crippen molar-refractivity contribution in [2.45, 2.75) is 19.1 Å². The number of fused-ring (bicyclic) bond motifs is 1. The van der Waals surface area contributed by atoms with Gasteiger partial charge in [0.2, 0.25) is 0 Å². The first kappa shape index (κ1) is 26.6. The monoisotopic (exact) mass is 542 g/mol. The van der Waals surface area contributed by atoms with E-state index in [1.807, 2.05) is 60.0 Å². The van der Waals surface area contributed by atoms with E-state index in [1.54, 1.807) is 17.5 Å². The predicted molar refractivity (Wildman–Crippen MR) is 135 cm³/mol. The number of nitrogens with zero attached hydrogens (tertiary/aromatic N) is 1. The number of aromatic amines is 1. The highest BCUT2D eigenvalue weighted by Gasteiger charge is 2.38. The zero-order chi connectivity index (χ0) is 27.3. The van der Waals surface area contributed by atoms with Crippen LogP contribution in [-0.2, 0) is 17.8 Å². The Morgan fingerprint density at radius 3 is 2.45 bits per heavy atom. The van der Waals surface area contributed by atoms with Gasteiger partial charge in [0.25, 0.3) is 11.8 Å². The van der Waals surface area contributed by atoms with E-state index in [0.717, 1.165) is 39.5 Å². The lowest BCUT2D eigenvalue weighted by Gasteiger charge is -2.11. The van der Waals surface area contributed by atoms with Crippen molar-refractivity contribution in [3.63, 3.8) is 0 Å². The van der Waals surface area contributed by atoms with Gasteiger partial charge in [-0.05, 0) is 41.8 Å². The fourth-order valence-electron chi connectivity index (χ4n) is 3.68. The molecule has 0 unspecified atom stereocenters. The first-order chi connectivity index (χ1) is 18.1. The van der Waals surface area contributed by atoms with Crippen LogP contribution in [0.1, 0.15) is 31.3 Å². The van der Waals surface area contributed by atoms with Gasteiger partial charge in [0, 0.05) is 52.1 Å². The summed E-state index contributed by atoms with van der Waals surface area (Å²) in [7, 11) is 0. The number of aromatic nitrogens is 2. The van der Waals surface area contributed by atoms with Crippen LogP contribution in [0.5, 0.6) is 0 Å². The van der Waals surface area contributed by atoms with Gasteiger partial charge < -0.3 is 20.7 Å². The normalized spacial score (nSPS) is 12.6. The molecule has 4 aromatic rings. The van der Waals surface area contributed by atoms with Crippen LogP contribution in [0.4, 0.5) is 13.2 Å². The van der Waals surface area contributed by atoms with Crippen LogP contribution in [-0.4, -0.2) is 45.6 Å². The second kappa shape index (κ2) is 11.3. The number of halogens is 3. The third-order valence-corrected chi connectivity index (χ3v) is 6.44. The molecule has 5 rings (SSSR count). The molecule has 4 N–H and O–H groups in total. The number of hydrogen-bond acceptors (Lipinski definition) is 5. The van der Waals surface area contributed by atoms with E-state index < -0.39 is 12.1 Å². The Morgan fingerprint density at radius 1 is 1.08 bits per heavy atom. The van der Waals surface area contributed by atoms with Crippen molar-refractivity contribution >= 4 is 29.1 Å². The number of carbonyl (C=O) groups is 3. The van der Waals surface area contributed by atoms with Gasteiger partial charge in [0.1, 0.15) is 0 Å². The molecule has 0 saturated heterocycles. The summed E-state index contributed by atoms with van der Waals surface area (Å²) in [5.41, 5.74) is 5.87. The molecule has 12 heteroatoms. The zero-order valence-corrected chi connectivity index (χ0v) is 20.4. The number of carbonyl (C=O) groups excluding carboxylic acids is 2. The smallest absolute Gasteiger partial charge is 0.475 e. The molecule has 0 bridgehead atoms. The summed E-state index contributed by atoms with van der Waals surface area (Å²) in [6.07, 6.45) is -2.53. The van der Waals surface area contributed by atoms with Crippen molar-refractivity contribution in [3.05, 3.63) is 87.9 Å². The summed E-state index contributed by atoms with van der Waals surface area (Å²) in [5.74, 6) is -2.89. The molecule has 0 atom stereocenters. The minimum Gasteiger partial charge on any atom is -0.475 e. The lowest BCUT2D eigenvalue weighted by molar-refractivity contribution is -0.192. The van der Waals surface area contributed by atoms with Crippen LogP contribution in [0.2, 0.25) is 0 Å². The molecular formula is C26H21F3N4O4S. The van der Waals surface area contributed by atoms with Crippen molar-refractivity contribution < 1.29 is 32.7 Å². The molecule has 0 saturated carbocycles. The van der Waals surface area contributed by atoms with Gasteiger partial charge in [-0.3, -0.25) is 14.6 Å². The number of amides is 2. The lowest BCUT2D eigenvalue weighted by atomic mass is 10.0. The largest absolute Gasteiger partial charge is 0.490 e. The third-order valence-electron chi connectivity index (χ3n) is 5.56. The van der Waals surface area contributed by atoms with Crippen LogP contribution >= 0.6 is 11.3 Å². The van der Waals surface area contributed by atoms with Crippen molar-refractivity contribution in [2.75, 3.05) is 6.54 Å². The second-order valence-electron chi connectivity index (χ2n) is 8.15. The van der Waals surface area contributed by atoms with Crippen LogP contribution in [0.3, 0.4) is 0 Å². The summed E-state index contributed by atoms with van der Waals surface area (Å²) in [4.78, 5) is 42.3. The number of rotatable bonds is 5. The Labute approximate surface area is 218 Å². The summed E-state index contributed by atoms with van der Waals surface area (Å²) in [6, 6.07) is 17.2. The highest BCUT2D eigenvalue weighted by molar-refractivity contribution is 7.09. The molecule has 1 aromatic carbocycles. The number of pyridine rings is 1. The first-order valence-corrected chi connectivity index (χ1v) is 12.2. The van der Waals surface area contributed by atoms with E-state index in [2.05, 4.69) is 20.6 Å². The molecule has 0 radical (unpaired) electrons. The van der Waals surface area contributed by atoms with Crippen molar-refractivity contribution in [3.8, 4) is 22.5 Å². The maximum atomic E-state index is 12.4. The average Bonchev–Trinajstić information content (AvgIpc) is 3.58. The van der Waals surface area contributed by atoms with E-state index in [1.165, 1.54) is 0 Å². The summed E-state index contributed by atoms with van der Waals surface area (Å²) < 4.78 is 31.7. The number of alkyl halides is 3. The Kier molecular flexibility index (Phi) is 7.91. The van der Waals surface area contributed by atoms with E-state index in [9.17, 15) is 22.8 Å². The van der Waals surface area contributed by atoms with Crippen LogP contribution < -0.4 is 10.6 Å².